The standard InChI is InChI=1S/C55H38N2/c1-5-17-41(18-6-1)56(42-19-7-2-8-20-42)45-35-31-39(32-36-45)55(40-33-37-46(38-34-40)57(43-21-9-3-10-22-43)44-23-11-4-12-24-44)51-29-15-27-49-47-25-13-14-26-48(47)50-28-16-30-52(55)54(50)53(49)51/h1-38H. The van der Waals surface area contributed by atoms with Crippen molar-refractivity contribution in [1.29, 1.82) is 0 Å². The van der Waals surface area contributed by atoms with Gasteiger partial charge in [-0.3, -0.25) is 0 Å². The van der Waals surface area contributed by atoms with Crippen LogP contribution in [0.25, 0.3) is 32.3 Å². The van der Waals surface area contributed by atoms with Gasteiger partial charge in [0.1, 0.15) is 0 Å². The molecule has 0 aliphatic heterocycles. The quantitative estimate of drug-likeness (QED) is 0.144. The summed E-state index contributed by atoms with van der Waals surface area (Å²) in [5.74, 6) is 0. The molecular weight excluding hydrogens is 689 g/mol. The van der Waals surface area contributed by atoms with Crippen molar-refractivity contribution < 1.29 is 0 Å². The predicted molar refractivity (Wildman–Crippen MR) is 240 cm³/mol. The summed E-state index contributed by atoms with van der Waals surface area (Å²) in [5.41, 5.74) is 11.3. The van der Waals surface area contributed by atoms with Gasteiger partial charge in [0.05, 0.1) is 5.41 Å². The zero-order valence-corrected chi connectivity index (χ0v) is 31.3. The molecule has 2 nitrogen and oxygen atoms in total. The van der Waals surface area contributed by atoms with Gasteiger partial charge in [0.2, 0.25) is 0 Å². The molecule has 1 aliphatic carbocycles. The largest absolute Gasteiger partial charge is 0.311 e. The molecule has 0 saturated heterocycles. The van der Waals surface area contributed by atoms with E-state index >= 15 is 0 Å². The lowest BCUT2D eigenvalue weighted by Gasteiger charge is -2.35. The first-order chi connectivity index (χ1) is 28.3. The minimum Gasteiger partial charge on any atom is -0.311 e. The average Bonchev–Trinajstić information content (AvgIpc) is 3.60. The predicted octanol–water partition coefficient (Wildman–Crippen LogP) is 14.8. The maximum absolute atomic E-state index is 2.37. The molecule has 0 unspecified atom stereocenters. The number of fused-ring (bicyclic) bond motifs is 3. The van der Waals surface area contributed by atoms with Crippen molar-refractivity contribution in [2.75, 3.05) is 9.80 Å². The van der Waals surface area contributed by atoms with Gasteiger partial charge in [-0.25, -0.2) is 0 Å². The average molecular weight is 727 g/mol. The summed E-state index contributed by atoms with van der Waals surface area (Å²) < 4.78 is 0. The lowest BCUT2D eigenvalue weighted by molar-refractivity contribution is 0.771. The van der Waals surface area contributed by atoms with Gasteiger partial charge < -0.3 is 9.80 Å². The highest BCUT2D eigenvalue weighted by Crippen LogP contribution is 2.57. The Morgan fingerprint density at radius 2 is 0.509 bits per heavy atom. The van der Waals surface area contributed by atoms with E-state index < -0.39 is 5.41 Å². The van der Waals surface area contributed by atoms with Crippen LogP contribution in [0, 0.1) is 0 Å². The molecule has 0 saturated carbocycles. The van der Waals surface area contributed by atoms with Gasteiger partial charge in [-0.2, -0.15) is 0 Å². The summed E-state index contributed by atoms with van der Waals surface area (Å²) in [6.07, 6.45) is 0. The van der Waals surface area contributed by atoms with Crippen molar-refractivity contribution in [2.24, 2.45) is 0 Å². The molecule has 0 heterocycles. The molecule has 0 spiro atoms. The molecule has 0 amide bonds. The van der Waals surface area contributed by atoms with E-state index in [1.807, 2.05) is 0 Å². The first kappa shape index (κ1) is 33.0. The van der Waals surface area contributed by atoms with Crippen molar-refractivity contribution >= 4 is 66.4 Å². The second-order valence-corrected chi connectivity index (χ2v) is 14.9. The Labute approximate surface area is 333 Å². The van der Waals surface area contributed by atoms with Crippen molar-refractivity contribution in [2.45, 2.75) is 5.41 Å². The van der Waals surface area contributed by atoms with E-state index in [0.29, 0.717) is 0 Å². The second kappa shape index (κ2) is 13.4. The molecule has 0 bridgehead atoms. The van der Waals surface area contributed by atoms with Crippen molar-refractivity contribution in [3.63, 3.8) is 0 Å². The Morgan fingerprint density at radius 1 is 0.228 bits per heavy atom. The number of nitrogens with zero attached hydrogens (tertiary/aromatic N) is 2. The Bertz CT molecular complexity index is 2740. The Hall–Kier alpha value is -7.42. The zero-order chi connectivity index (χ0) is 37.8. The van der Waals surface area contributed by atoms with Gasteiger partial charge in [0, 0.05) is 34.1 Å². The molecule has 10 aromatic rings. The van der Waals surface area contributed by atoms with Gasteiger partial charge in [-0.1, -0.05) is 158 Å². The molecule has 268 valence electrons. The molecular formula is C55H38N2. The second-order valence-electron chi connectivity index (χ2n) is 14.9. The van der Waals surface area contributed by atoms with E-state index in [1.165, 1.54) is 54.6 Å². The monoisotopic (exact) mass is 726 g/mol. The minimum absolute atomic E-state index is 0.565. The first-order valence-corrected chi connectivity index (χ1v) is 19.7. The zero-order valence-electron chi connectivity index (χ0n) is 31.3. The van der Waals surface area contributed by atoms with Crippen LogP contribution in [0.2, 0.25) is 0 Å². The lowest BCUT2D eigenvalue weighted by Crippen LogP contribution is -2.29. The van der Waals surface area contributed by atoms with Crippen LogP contribution in [-0.2, 0) is 5.41 Å². The summed E-state index contributed by atoms with van der Waals surface area (Å²) in [4.78, 5) is 4.68. The van der Waals surface area contributed by atoms with Gasteiger partial charge in [0.25, 0.3) is 0 Å². The number of hydrogen-bond acceptors (Lipinski definition) is 2. The first-order valence-electron chi connectivity index (χ1n) is 19.7. The molecule has 1 aliphatic rings. The molecule has 57 heavy (non-hydrogen) atoms. The molecule has 0 aromatic heterocycles. The number of rotatable bonds is 8. The van der Waals surface area contributed by atoms with Crippen LogP contribution >= 0.6 is 0 Å². The molecule has 0 radical (unpaired) electrons. The third-order valence-corrected chi connectivity index (χ3v) is 11.9. The number of benzene rings is 10. The summed E-state index contributed by atoms with van der Waals surface area (Å²) in [5, 5.41) is 7.89. The van der Waals surface area contributed by atoms with Gasteiger partial charge >= 0.3 is 0 Å². The normalized spacial score (nSPS) is 12.7. The minimum atomic E-state index is -0.565. The van der Waals surface area contributed by atoms with Crippen LogP contribution < -0.4 is 9.80 Å². The molecule has 0 fully saturated rings. The van der Waals surface area contributed by atoms with Crippen molar-refractivity contribution in [3.05, 3.63) is 253 Å². The van der Waals surface area contributed by atoms with Crippen LogP contribution in [0.15, 0.2) is 231 Å². The van der Waals surface area contributed by atoms with E-state index in [2.05, 4.69) is 240 Å². The number of anilines is 6. The smallest absolute Gasteiger partial charge is 0.0714 e. The summed E-state index contributed by atoms with van der Waals surface area (Å²) in [6, 6.07) is 84.1. The molecule has 10 aromatic carbocycles. The van der Waals surface area contributed by atoms with E-state index in [9.17, 15) is 0 Å². The number of hydrogen-bond donors (Lipinski definition) is 0. The van der Waals surface area contributed by atoms with Crippen LogP contribution in [0.3, 0.4) is 0 Å². The van der Waals surface area contributed by atoms with Gasteiger partial charge in [-0.15, -0.1) is 0 Å². The van der Waals surface area contributed by atoms with Crippen LogP contribution in [-0.4, -0.2) is 0 Å². The fraction of sp³-hybridized carbons (Fsp3) is 0.0182. The summed E-state index contributed by atoms with van der Waals surface area (Å²) in [6.45, 7) is 0. The highest BCUT2D eigenvalue weighted by atomic mass is 15.1. The maximum Gasteiger partial charge on any atom is 0.0714 e. The Kier molecular flexibility index (Phi) is 7.75. The Morgan fingerprint density at radius 3 is 0.842 bits per heavy atom. The third kappa shape index (κ3) is 5.11. The SMILES string of the molecule is c1ccc(N(c2ccccc2)c2ccc(C3(c4ccc(N(c5ccccc5)c5ccccc5)cc4)c4cccc5c6ccccc6c6cccc3c6c45)cc2)cc1. The fourth-order valence-electron chi connectivity index (χ4n) is 9.53. The van der Waals surface area contributed by atoms with E-state index in [1.54, 1.807) is 0 Å². The number of para-hydroxylation sites is 4. The van der Waals surface area contributed by atoms with E-state index in [0.717, 1.165) is 34.1 Å². The third-order valence-electron chi connectivity index (χ3n) is 11.9. The Balaban J connectivity index is 1.15. The lowest BCUT2D eigenvalue weighted by atomic mass is 9.67. The molecule has 0 atom stereocenters. The molecule has 2 heteroatoms. The molecule has 11 rings (SSSR count). The van der Waals surface area contributed by atoms with E-state index in [4.69, 9.17) is 0 Å². The van der Waals surface area contributed by atoms with E-state index in [-0.39, 0.29) is 0 Å². The summed E-state index contributed by atoms with van der Waals surface area (Å²) in [7, 11) is 0. The maximum atomic E-state index is 2.37. The summed E-state index contributed by atoms with van der Waals surface area (Å²) >= 11 is 0. The van der Waals surface area contributed by atoms with Crippen LogP contribution in [0.4, 0.5) is 34.1 Å². The van der Waals surface area contributed by atoms with Gasteiger partial charge in [0.15, 0.2) is 0 Å². The molecule has 0 N–H and O–H groups in total. The van der Waals surface area contributed by atoms with Crippen molar-refractivity contribution in [3.8, 4) is 0 Å². The van der Waals surface area contributed by atoms with Crippen molar-refractivity contribution in [1.82, 2.24) is 0 Å². The highest BCUT2D eigenvalue weighted by Gasteiger charge is 2.45. The van der Waals surface area contributed by atoms with Crippen LogP contribution in [0.5, 0.6) is 0 Å². The topological polar surface area (TPSA) is 6.48 Å². The highest BCUT2D eigenvalue weighted by molar-refractivity contribution is 6.29. The van der Waals surface area contributed by atoms with Crippen LogP contribution in [0.1, 0.15) is 22.3 Å². The van der Waals surface area contributed by atoms with Gasteiger partial charge in [-0.05, 0) is 127 Å². The fourth-order valence-corrected chi connectivity index (χ4v) is 9.53.